The van der Waals surface area contributed by atoms with Gasteiger partial charge in [-0.15, -0.1) is 0 Å². The molecule has 1 aromatic carbocycles. The van der Waals surface area contributed by atoms with Gasteiger partial charge in [0.2, 0.25) is 11.8 Å². The van der Waals surface area contributed by atoms with Gasteiger partial charge in [-0.1, -0.05) is 30.3 Å². The summed E-state index contributed by atoms with van der Waals surface area (Å²) < 4.78 is 1.67. The van der Waals surface area contributed by atoms with Gasteiger partial charge in [0.25, 0.3) is 0 Å². The van der Waals surface area contributed by atoms with Crippen LogP contribution in [-0.2, 0) is 23.1 Å². The highest BCUT2D eigenvalue weighted by atomic mass is 16.2. The highest BCUT2D eigenvalue weighted by Crippen LogP contribution is 2.12. The third kappa shape index (κ3) is 4.81. The van der Waals surface area contributed by atoms with E-state index < -0.39 is 6.04 Å². The number of benzene rings is 1. The van der Waals surface area contributed by atoms with Crippen LogP contribution in [-0.4, -0.2) is 45.6 Å². The Balaban J connectivity index is 1.68. The molecule has 136 valence electrons. The highest BCUT2D eigenvalue weighted by Gasteiger charge is 2.27. The Hall–Kier alpha value is -2.89. The van der Waals surface area contributed by atoms with Gasteiger partial charge >= 0.3 is 0 Å². The first-order valence-electron chi connectivity index (χ1n) is 8.92. The number of carbonyl (C=O) groups excluding carboxylic acids is 2. The Morgan fingerprint density at radius 2 is 1.96 bits per heavy atom. The third-order valence-corrected chi connectivity index (χ3v) is 4.47. The number of carbonyl (C=O) groups is 2. The first-order valence-corrected chi connectivity index (χ1v) is 8.92. The maximum absolute atomic E-state index is 12.8. The van der Waals surface area contributed by atoms with E-state index in [0.717, 1.165) is 37.1 Å². The van der Waals surface area contributed by atoms with E-state index in [0.29, 0.717) is 6.42 Å². The van der Waals surface area contributed by atoms with Gasteiger partial charge in [-0.3, -0.25) is 14.3 Å². The third-order valence-electron chi connectivity index (χ3n) is 4.47. The Morgan fingerprint density at radius 1 is 1.23 bits per heavy atom. The van der Waals surface area contributed by atoms with Gasteiger partial charge in [0.15, 0.2) is 0 Å². The Kier molecular flexibility index (Phi) is 5.84. The zero-order valence-electron chi connectivity index (χ0n) is 15.0. The lowest BCUT2D eigenvalue weighted by Crippen LogP contribution is -2.48. The summed E-state index contributed by atoms with van der Waals surface area (Å²) >= 11 is 0. The summed E-state index contributed by atoms with van der Waals surface area (Å²) in [4.78, 5) is 27.0. The highest BCUT2D eigenvalue weighted by molar-refractivity contribution is 5.95. The Bertz CT molecular complexity index is 776. The molecule has 26 heavy (non-hydrogen) atoms. The monoisotopic (exact) mass is 352 g/mol. The van der Waals surface area contributed by atoms with Crippen LogP contribution in [0.15, 0.2) is 48.8 Å². The van der Waals surface area contributed by atoms with Crippen LogP contribution in [0.3, 0.4) is 0 Å². The molecule has 2 amide bonds. The lowest BCUT2D eigenvalue weighted by Gasteiger charge is -2.23. The molecule has 1 aliphatic heterocycles. The molecule has 3 rings (SSSR count). The molecule has 1 aliphatic rings. The van der Waals surface area contributed by atoms with Gasteiger partial charge in [0.05, 0.1) is 6.20 Å². The topological polar surface area (TPSA) is 67.2 Å². The number of likely N-dealkylation sites (tertiary alicyclic amines) is 1. The van der Waals surface area contributed by atoms with Crippen LogP contribution in [0.4, 0.5) is 0 Å². The molecule has 1 saturated heterocycles. The molecule has 2 aromatic rings. The first-order chi connectivity index (χ1) is 12.6. The molecule has 0 bridgehead atoms. The predicted molar refractivity (Wildman–Crippen MR) is 100 cm³/mol. The molecule has 6 nitrogen and oxygen atoms in total. The summed E-state index contributed by atoms with van der Waals surface area (Å²) in [6, 6.07) is 9.22. The summed E-state index contributed by atoms with van der Waals surface area (Å²) in [5.74, 6) is -0.281. The van der Waals surface area contributed by atoms with Crippen LogP contribution >= 0.6 is 0 Å². The summed E-state index contributed by atoms with van der Waals surface area (Å²) in [6.07, 6.45) is 9.19. The molecule has 0 radical (unpaired) electrons. The Morgan fingerprint density at radius 3 is 2.62 bits per heavy atom. The lowest BCUT2D eigenvalue weighted by atomic mass is 10.0. The average Bonchev–Trinajstić information content (AvgIpc) is 3.31. The Labute approximate surface area is 153 Å². The minimum absolute atomic E-state index is 0.00511. The second kappa shape index (κ2) is 8.47. The van der Waals surface area contributed by atoms with Crippen molar-refractivity contribution in [3.8, 4) is 0 Å². The van der Waals surface area contributed by atoms with E-state index in [1.54, 1.807) is 17.0 Å². The summed E-state index contributed by atoms with van der Waals surface area (Å²) in [5.41, 5.74) is 1.87. The molecule has 1 aromatic heterocycles. The minimum Gasteiger partial charge on any atom is -0.341 e. The number of amides is 2. The largest absolute Gasteiger partial charge is 0.341 e. The SMILES string of the molecule is Cn1cc(/C=C/C(=O)NC(Cc2ccccc2)C(=O)N2CCCC2)cn1. The smallest absolute Gasteiger partial charge is 0.245 e. The van der Waals surface area contributed by atoms with Crippen LogP contribution in [0.25, 0.3) is 6.08 Å². The molecular weight excluding hydrogens is 328 g/mol. The standard InChI is InChI=1S/C20H24N4O2/c1-23-15-17(14-21-23)9-10-19(25)22-18(13-16-7-3-2-4-8-16)20(26)24-11-5-6-12-24/h2-4,7-10,14-15,18H,5-6,11-13H2,1H3,(H,22,25)/b10-9+. The van der Waals surface area contributed by atoms with Gasteiger partial charge in [0.1, 0.15) is 6.04 Å². The summed E-state index contributed by atoms with van der Waals surface area (Å²) in [5, 5.41) is 6.94. The van der Waals surface area contributed by atoms with Crippen molar-refractivity contribution >= 4 is 17.9 Å². The van der Waals surface area contributed by atoms with Crippen molar-refractivity contribution in [2.24, 2.45) is 7.05 Å². The van der Waals surface area contributed by atoms with E-state index in [9.17, 15) is 9.59 Å². The number of aryl methyl sites for hydroxylation is 1. The van der Waals surface area contributed by atoms with Crippen molar-refractivity contribution in [2.45, 2.75) is 25.3 Å². The van der Waals surface area contributed by atoms with E-state index in [-0.39, 0.29) is 11.8 Å². The molecule has 1 fully saturated rings. The zero-order valence-corrected chi connectivity index (χ0v) is 15.0. The fourth-order valence-corrected chi connectivity index (χ4v) is 3.13. The fourth-order valence-electron chi connectivity index (χ4n) is 3.13. The number of aromatic nitrogens is 2. The molecule has 6 heteroatoms. The van der Waals surface area contributed by atoms with Gasteiger partial charge < -0.3 is 10.2 Å². The summed E-state index contributed by atoms with van der Waals surface area (Å²) in [6.45, 7) is 1.54. The molecule has 0 aliphatic carbocycles. The van der Waals surface area contributed by atoms with Gasteiger partial charge in [-0.05, 0) is 24.5 Å². The van der Waals surface area contributed by atoms with Crippen molar-refractivity contribution in [2.75, 3.05) is 13.1 Å². The number of rotatable bonds is 6. The van der Waals surface area contributed by atoms with Crippen LogP contribution in [0, 0.1) is 0 Å². The second-order valence-electron chi connectivity index (χ2n) is 6.56. The predicted octanol–water partition coefficient (Wildman–Crippen LogP) is 1.78. The number of nitrogens with one attached hydrogen (secondary N) is 1. The second-order valence-corrected chi connectivity index (χ2v) is 6.56. The van der Waals surface area contributed by atoms with E-state index in [1.165, 1.54) is 6.08 Å². The number of hydrogen-bond donors (Lipinski definition) is 1. The normalized spacial score (nSPS) is 15.3. The maximum Gasteiger partial charge on any atom is 0.245 e. The molecule has 1 unspecified atom stereocenters. The van der Waals surface area contributed by atoms with Crippen molar-refractivity contribution in [3.05, 3.63) is 59.9 Å². The average molecular weight is 352 g/mol. The van der Waals surface area contributed by atoms with Crippen molar-refractivity contribution in [1.82, 2.24) is 20.0 Å². The van der Waals surface area contributed by atoms with Crippen LogP contribution < -0.4 is 5.32 Å². The molecule has 0 saturated carbocycles. The lowest BCUT2D eigenvalue weighted by molar-refractivity contribution is -0.134. The van der Waals surface area contributed by atoms with Crippen molar-refractivity contribution < 1.29 is 9.59 Å². The van der Waals surface area contributed by atoms with E-state index in [1.807, 2.05) is 48.5 Å². The van der Waals surface area contributed by atoms with Gasteiger partial charge in [-0.2, -0.15) is 5.10 Å². The van der Waals surface area contributed by atoms with E-state index in [4.69, 9.17) is 0 Å². The molecule has 1 N–H and O–H groups in total. The zero-order chi connectivity index (χ0) is 18.4. The molecule has 1 atom stereocenters. The van der Waals surface area contributed by atoms with Crippen LogP contribution in [0.2, 0.25) is 0 Å². The molecular formula is C20H24N4O2. The number of hydrogen-bond acceptors (Lipinski definition) is 3. The summed E-state index contributed by atoms with van der Waals surface area (Å²) in [7, 11) is 1.82. The van der Waals surface area contributed by atoms with Crippen LogP contribution in [0.5, 0.6) is 0 Å². The molecule has 2 heterocycles. The quantitative estimate of drug-likeness (QED) is 0.806. The van der Waals surface area contributed by atoms with Gasteiger partial charge in [-0.25, -0.2) is 0 Å². The van der Waals surface area contributed by atoms with E-state index in [2.05, 4.69) is 10.4 Å². The van der Waals surface area contributed by atoms with Crippen LogP contribution in [0.1, 0.15) is 24.0 Å². The molecule has 0 spiro atoms. The minimum atomic E-state index is -0.554. The number of nitrogens with zero attached hydrogens (tertiary/aromatic N) is 3. The first kappa shape index (κ1) is 17.9. The van der Waals surface area contributed by atoms with Gasteiger partial charge in [0, 0.05) is 44.4 Å². The fraction of sp³-hybridized carbons (Fsp3) is 0.350. The maximum atomic E-state index is 12.8. The van der Waals surface area contributed by atoms with Crippen molar-refractivity contribution in [3.63, 3.8) is 0 Å². The van der Waals surface area contributed by atoms with E-state index >= 15 is 0 Å². The van der Waals surface area contributed by atoms with Crippen molar-refractivity contribution in [1.29, 1.82) is 0 Å².